The lowest BCUT2D eigenvalue weighted by molar-refractivity contribution is -0.116. The molecular weight excluding hydrogens is 270 g/mol. The Morgan fingerprint density at radius 1 is 1.29 bits per heavy atom. The Hall–Kier alpha value is -1.92. The first-order valence-electron chi connectivity index (χ1n) is 7.14. The van der Waals surface area contributed by atoms with E-state index in [1.165, 1.54) is 0 Å². The van der Waals surface area contributed by atoms with Crippen LogP contribution in [-0.2, 0) is 9.53 Å². The number of ether oxygens (including phenoxy) is 1. The molecule has 6 heteroatoms. The molecule has 4 N–H and O–H groups in total. The summed E-state index contributed by atoms with van der Waals surface area (Å²) >= 11 is 0. The molecule has 116 valence electrons. The first-order valence-corrected chi connectivity index (χ1v) is 7.14. The topological polar surface area (TPSA) is 93.4 Å². The summed E-state index contributed by atoms with van der Waals surface area (Å²) in [6.07, 6.45) is 1.01. The van der Waals surface area contributed by atoms with E-state index in [0.29, 0.717) is 50.4 Å². The van der Waals surface area contributed by atoms with Gasteiger partial charge in [0.2, 0.25) is 5.91 Å². The van der Waals surface area contributed by atoms with Crippen molar-refractivity contribution in [3.8, 4) is 0 Å². The molecule has 0 saturated carbocycles. The fraction of sp³-hybridized carbons (Fsp3) is 0.467. The minimum absolute atomic E-state index is 0.131. The second-order valence-corrected chi connectivity index (χ2v) is 4.44. The summed E-state index contributed by atoms with van der Waals surface area (Å²) < 4.78 is 5.18. The van der Waals surface area contributed by atoms with Gasteiger partial charge in [0.05, 0.1) is 11.3 Å². The number of hydrogen-bond acceptors (Lipinski definition) is 4. The fourth-order valence-electron chi connectivity index (χ4n) is 1.76. The van der Waals surface area contributed by atoms with Gasteiger partial charge < -0.3 is 21.1 Å². The van der Waals surface area contributed by atoms with E-state index in [1.807, 2.05) is 6.92 Å². The van der Waals surface area contributed by atoms with E-state index in [-0.39, 0.29) is 11.8 Å². The van der Waals surface area contributed by atoms with Gasteiger partial charge >= 0.3 is 0 Å². The molecule has 0 aliphatic rings. The number of nitrogens with two attached hydrogens (primary N) is 1. The zero-order valence-corrected chi connectivity index (χ0v) is 12.4. The monoisotopic (exact) mass is 293 g/mol. The van der Waals surface area contributed by atoms with Crippen LogP contribution in [0, 0.1) is 0 Å². The van der Waals surface area contributed by atoms with Gasteiger partial charge in [-0.25, -0.2) is 0 Å². The average Bonchev–Trinajstić information content (AvgIpc) is 2.50. The third-order valence-electron chi connectivity index (χ3n) is 2.77. The summed E-state index contributed by atoms with van der Waals surface area (Å²) in [5.74, 6) is -0.376. The van der Waals surface area contributed by atoms with Crippen LogP contribution in [0.5, 0.6) is 0 Å². The molecule has 0 aliphatic heterocycles. The van der Waals surface area contributed by atoms with E-state index in [2.05, 4.69) is 10.6 Å². The van der Waals surface area contributed by atoms with Crippen LogP contribution in [0.4, 0.5) is 5.69 Å². The van der Waals surface area contributed by atoms with Gasteiger partial charge in [0.25, 0.3) is 5.91 Å². The molecule has 0 unspecified atom stereocenters. The van der Waals surface area contributed by atoms with Crippen molar-refractivity contribution in [2.75, 3.05) is 31.6 Å². The van der Waals surface area contributed by atoms with Crippen molar-refractivity contribution in [3.63, 3.8) is 0 Å². The second-order valence-electron chi connectivity index (χ2n) is 4.44. The minimum Gasteiger partial charge on any atom is -0.382 e. The number of amides is 2. The Morgan fingerprint density at radius 3 is 2.76 bits per heavy atom. The molecule has 1 aromatic carbocycles. The van der Waals surface area contributed by atoms with Crippen molar-refractivity contribution in [1.82, 2.24) is 5.32 Å². The van der Waals surface area contributed by atoms with Crippen molar-refractivity contribution in [2.45, 2.75) is 19.8 Å². The van der Waals surface area contributed by atoms with Crippen LogP contribution in [0.25, 0.3) is 0 Å². The number of nitrogens with one attached hydrogen (secondary N) is 2. The Morgan fingerprint density at radius 2 is 2.05 bits per heavy atom. The molecule has 0 bridgehead atoms. The summed E-state index contributed by atoms with van der Waals surface area (Å²) in [6.45, 7) is 3.89. The van der Waals surface area contributed by atoms with E-state index in [0.717, 1.165) is 0 Å². The molecule has 0 atom stereocenters. The lowest BCUT2D eigenvalue weighted by Gasteiger charge is -2.11. The van der Waals surface area contributed by atoms with Crippen LogP contribution < -0.4 is 16.4 Å². The number of rotatable bonds is 9. The SMILES string of the molecule is CCOCCCC(=O)Nc1ccccc1C(=O)NCCN. The first kappa shape index (κ1) is 17.1. The van der Waals surface area contributed by atoms with Gasteiger partial charge in [0.1, 0.15) is 0 Å². The summed E-state index contributed by atoms with van der Waals surface area (Å²) in [6, 6.07) is 6.90. The van der Waals surface area contributed by atoms with Crippen molar-refractivity contribution < 1.29 is 14.3 Å². The molecule has 6 nitrogen and oxygen atoms in total. The summed E-state index contributed by atoms with van der Waals surface area (Å²) in [5.41, 5.74) is 6.30. The van der Waals surface area contributed by atoms with Crippen LogP contribution in [0.3, 0.4) is 0 Å². The highest BCUT2D eigenvalue weighted by atomic mass is 16.5. The minimum atomic E-state index is -0.245. The van der Waals surface area contributed by atoms with Gasteiger partial charge in [-0.05, 0) is 25.5 Å². The molecule has 21 heavy (non-hydrogen) atoms. The molecule has 0 fully saturated rings. The van der Waals surface area contributed by atoms with Gasteiger partial charge in [0, 0.05) is 32.7 Å². The predicted octanol–water partition coefficient (Wildman–Crippen LogP) is 1.13. The van der Waals surface area contributed by atoms with E-state index in [4.69, 9.17) is 10.5 Å². The third kappa shape index (κ3) is 6.37. The lowest BCUT2D eigenvalue weighted by Crippen LogP contribution is -2.30. The molecule has 1 aromatic rings. The maximum Gasteiger partial charge on any atom is 0.253 e. The summed E-state index contributed by atoms with van der Waals surface area (Å²) in [5, 5.41) is 5.45. The highest BCUT2D eigenvalue weighted by molar-refractivity contribution is 6.03. The van der Waals surface area contributed by atoms with Gasteiger partial charge in [-0.3, -0.25) is 9.59 Å². The molecule has 1 rings (SSSR count). The Labute approximate surface area is 125 Å². The first-order chi connectivity index (χ1) is 10.2. The number of carbonyl (C=O) groups excluding carboxylic acids is 2. The molecule has 0 heterocycles. The molecule has 0 spiro atoms. The number of hydrogen-bond donors (Lipinski definition) is 3. The van der Waals surface area contributed by atoms with Crippen LogP contribution in [0.15, 0.2) is 24.3 Å². The van der Waals surface area contributed by atoms with Crippen molar-refractivity contribution in [3.05, 3.63) is 29.8 Å². The van der Waals surface area contributed by atoms with Crippen molar-refractivity contribution in [2.24, 2.45) is 5.73 Å². The van der Waals surface area contributed by atoms with Gasteiger partial charge in [0.15, 0.2) is 0 Å². The van der Waals surface area contributed by atoms with E-state index < -0.39 is 0 Å². The van der Waals surface area contributed by atoms with Crippen LogP contribution in [0.2, 0.25) is 0 Å². The molecule has 0 saturated heterocycles. The zero-order valence-electron chi connectivity index (χ0n) is 12.4. The molecule has 2 amide bonds. The average molecular weight is 293 g/mol. The van der Waals surface area contributed by atoms with Crippen molar-refractivity contribution in [1.29, 1.82) is 0 Å². The molecule has 0 radical (unpaired) electrons. The van der Waals surface area contributed by atoms with E-state index in [9.17, 15) is 9.59 Å². The second kappa shape index (κ2) is 9.90. The standard InChI is InChI=1S/C15H23N3O3/c1-2-21-11-5-8-14(19)18-13-7-4-3-6-12(13)15(20)17-10-9-16/h3-4,6-7H,2,5,8-11,16H2,1H3,(H,17,20)(H,18,19). The zero-order chi connectivity index (χ0) is 15.5. The smallest absolute Gasteiger partial charge is 0.253 e. The molecule has 0 aromatic heterocycles. The Bertz CT molecular complexity index is 463. The number of anilines is 1. The highest BCUT2D eigenvalue weighted by Crippen LogP contribution is 2.15. The van der Waals surface area contributed by atoms with Crippen LogP contribution in [-0.4, -0.2) is 38.1 Å². The summed E-state index contributed by atoms with van der Waals surface area (Å²) in [4.78, 5) is 23.8. The highest BCUT2D eigenvalue weighted by Gasteiger charge is 2.12. The van der Waals surface area contributed by atoms with Gasteiger partial charge in [-0.15, -0.1) is 0 Å². The van der Waals surface area contributed by atoms with Gasteiger partial charge in [-0.2, -0.15) is 0 Å². The van der Waals surface area contributed by atoms with Crippen LogP contribution >= 0.6 is 0 Å². The Balaban J connectivity index is 2.58. The van der Waals surface area contributed by atoms with E-state index in [1.54, 1.807) is 24.3 Å². The normalized spacial score (nSPS) is 10.2. The maximum absolute atomic E-state index is 12.0. The molecule has 0 aliphatic carbocycles. The molecular formula is C15H23N3O3. The largest absolute Gasteiger partial charge is 0.382 e. The number of benzene rings is 1. The Kier molecular flexibility index (Phi) is 8.08. The third-order valence-corrected chi connectivity index (χ3v) is 2.77. The maximum atomic E-state index is 12.0. The number of para-hydroxylation sites is 1. The quantitative estimate of drug-likeness (QED) is 0.595. The van der Waals surface area contributed by atoms with Crippen molar-refractivity contribution >= 4 is 17.5 Å². The number of carbonyl (C=O) groups is 2. The van der Waals surface area contributed by atoms with E-state index >= 15 is 0 Å². The lowest BCUT2D eigenvalue weighted by atomic mass is 10.1. The fourth-order valence-corrected chi connectivity index (χ4v) is 1.76. The summed E-state index contributed by atoms with van der Waals surface area (Å²) in [7, 11) is 0. The van der Waals surface area contributed by atoms with Gasteiger partial charge in [-0.1, -0.05) is 12.1 Å². The van der Waals surface area contributed by atoms with Crippen LogP contribution in [0.1, 0.15) is 30.1 Å². The predicted molar refractivity (Wildman–Crippen MR) is 82.2 cm³/mol.